The Balaban J connectivity index is 1.79. The lowest BCUT2D eigenvalue weighted by molar-refractivity contribution is 0.0235. The average Bonchev–Trinajstić information content (AvgIpc) is 3.20. The lowest BCUT2D eigenvalue weighted by Crippen LogP contribution is -2.26. The maximum Gasteiger partial charge on any atom is 0.338 e. The van der Waals surface area contributed by atoms with E-state index in [1.807, 2.05) is 0 Å². The third-order valence-electron chi connectivity index (χ3n) is 5.37. The van der Waals surface area contributed by atoms with Gasteiger partial charge in [0.05, 0.1) is 72.5 Å². The van der Waals surface area contributed by atoms with E-state index < -0.39 is 24.1 Å². The number of hydrogen-bond donors (Lipinski definition) is 1. The third-order valence-corrected chi connectivity index (χ3v) is 5.37. The van der Waals surface area contributed by atoms with Gasteiger partial charge in [0.15, 0.2) is 23.0 Å². The van der Waals surface area contributed by atoms with Crippen LogP contribution in [0.2, 0.25) is 0 Å². The Labute approximate surface area is 186 Å². The highest BCUT2D eigenvalue weighted by Crippen LogP contribution is 2.44. The van der Waals surface area contributed by atoms with Gasteiger partial charge in [-0.1, -0.05) is 0 Å². The maximum absolute atomic E-state index is 12.6. The Morgan fingerprint density at radius 3 is 2.09 bits per heavy atom. The van der Waals surface area contributed by atoms with Crippen LogP contribution in [0.3, 0.4) is 0 Å². The summed E-state index contributed by atoms with van der Waals surface area (Å²) in [5.74, 6) is 1.28. The van der Waals surface area contributed by atoms with Crippen molar-refractivity contribution in [1.82, 2.24) is 0 Å². The molecule has 3 atom stereocenters. The second kappa shape index (κ2) is 10.4. The zero-order valence-electron chi connectivity index (χ0n) is 18.7. The van der Waals surface area contributed by atoms with Crippen molar-refractivity contribution < 1.29 is 43.1 Å². The fourth-order valence-corrected chi connectivity index (χ4v) is 3.68. The van der Waals surface area contributed by atoms with Crippen molar-refractivity contribution in [2.45, 2.75) is 12.2 Å². The highest BCUT2D eigenvalue weighted by molar-refractivity contribution is 5.90. The standard InChI is InChI=1S/C23H28O9/c1-26-17-7-6-13(8-18(17)27-2)23(25)32-11-15-16(24)12-31-21(15)14-9-19(28-3)22(30-5)20(10-14)29-4/h6-10,15-16,21,24H,11-12H2,1-5H3. The molecule has 1 saturated heterocycles. The van der Waals surface area contributed by atoms with Crippen LogP contribution in [-0.4, -0.2) is 65.9 Å². The smallest absolute Gasteiger partial charge is 0.338 e. The van der Waals surface area contributed by atoms with Crippen LogP contribution in [0.15, 0.2) is 30.3 Å². The molecule has 174 valence electrons. The van der Waals surface area contributed by atoms with Crippen molar-refractivity contribution in [2.24, 2.45) is 5.92 Å². The second-order valence-electron chi connectivity index (χ2n) is 7.11. The lowest BCUT2D eigenvalue weighted by atomic mass is 9.93. The minimum absolute atomic E-state index is 0.0460. The van der Waals surface area contributed by atoms with E-state index in [1.165, 1.54) is 35.5 Å². The van der Waals surface area contributed by atoms with Gasteiger partial charge in [-0.3, -0.25) is 0 Å². The monoisotopic (exact) mass is 448 g/mol. The molecule has 1 aliphatic heterocycles. The van der Waals surface area contributed by atoms with Crippen LogP contribution < -0.4 is 23.7 Å². The van der Waals surface area contributed by atoms with Crippen LogP contribution in [0, 0.1) is 5.92 Å². The molecule has 0 radical (unpaired) electrons. The van der Waals surface area contributed by atoms with E-state index in [9.17, 15) is 9.90 Å². The quantitative estimate of drug-likeness (QED) is 0.580. The van der Waals surface area contributed by atoms with Crippen LogP contribution in [0.4, 0.5) is 0 Å². The molecule has 0 aromatic heterocycles. The van der Waals surface area contributed by atoms with Gasteiger partial charge in [-0.2, -0.15) is 0 Å². The number of esters is 1. The van der Waals surface area contributed by atoms with E-state index in [1.54, 1.807) is 30.3 Å². The van der Waals surface area contributed by atoms with Gasteiger partial charge in [-0.05, 0) is 35.9 Å². The first-order valence-electron chi connectivity index (χ1n) is 9.96. The molecular weight excluding hydrogens is 420 g/mol. The van der Waals surface area contributed by atoms with E-state index in [0.29, 0.717) is 39.9 Å². The molecule has 0 aliphatic carbocycles. The fourth-order valence-electron chi connectivity index (χ4n) is 3.68. The maximum atomic E-state index is 12.6. The van der Waals surface area contributed by atoms with Crippen LogP contribution in [-0.2, 0) is 9.47 Å². The Hall–Kier alpha value is -3.17. The number of methoxy groups -OCH3 is 5. The summed E-state index contributed by atoms with van der Waals surface area (Å²) < 4.78 is 37.9. The molecule has 2 aromatic rings. The van der Waals surface area contributed by atoms with Crippen molar-refractivity contribution in [3.8, 4) is 28.7 Å². The summed E-state index contributed by atoms with van der Waals surface area (Å²) in [5, 5.41) is 10.5. The van der Waals surface area contributed by atoms with E-state index in [4.69, 9.17) is 33.2 Å². The van der Waals surface area contributed by atoms with Gasteiger partial charge in [-0.15, -0.1) is 0 Å². The van der Waals surface area contributed by atoms with Gasteiger partial charge < -0.3 is 38.3 Å². The highest BCUT2D eigenvalue weighted by atomic mass is 16.5. The molecule has 1 aliphatic rings. The van der Waals surface area contributed by atoms with Crippen LogP contribution in [0.5, 0.6) is 28.7 Å². The summed E-state index contributed by atoms with van der Waals surface area (Å²) in [5.41, 5.74) is 1.02. The second-order valence-corrected chi connectivity index (χ2v) is 7.11. The first-order valence-corrected chi connectivity index (χ1v) is 9.96. The first-order chi connectivity index (χ1) is 15.5. The molecule has 9 nitrogen and oxygen atoms in total. The highest BCUT2D eigenvalue weighted by Gasteiger charge is 2.39. The largest absolute Gasteiger partial charge is 0.493 e. The summed E-state index contributed by atoms with van der Waals surface area (Å²) in [6.07, 6.45) is -1.34. The van der Waals surface area contributed by atoms with E-state index in [2.05, 4.69) is 0 Å². The fraction of sp³-hybridized carbons (Fsp3) is 0.435. The molecular formula is C23H28O9. The first kappa shape index (κ1) is 23.5. The topological polar surface area (TPSA) is 102 Å². The van der Waals surface area contributed by atoms with Gasteiger partial charge in [-0.25, -0.2) is 4.79 Å². The van der Waals surface area contributed by atoms with Crippen LogP contribution in [0.1, 0.15) is 22.0 Å². The Morgan fingerprint density at radius 2 is 1.53 bits per heavy atom. The lowest BCUT2D eigenvalue weighted by Gasteiger charge is -2.22. The number of carbonyl (C=O) groups excluding carboxylic acids is 1. The molecule has 1 N–H and O–H groups in total. The number of benzene rings is 2. The van der Waals surface area contributed by atoms with Gasteiger partial charge in [0.2, 0.25) is 5.75 Å². The number of aliphatic hydroxyl groups excluding tert-OH is 1. The predicted molar refractivity (Wildman–Crippen MR) is 114 cm³/mol. The molecule has 0 amide bonds. The predicted octanol–water partition coefficient (Wildman–Crippen LogP) is 2.64. The van der Waals surface area contributed by atoms with Crippen molar-refractivity contribution >= 4 is 5.97 Å². The van der Waals surface area contributed by atoms with Crippen molar-refractivity contribution in [2.75, 3.05) is 48.8 Å². The Kier molecular flexibility index (Phi) is 7.66. The van der Waals surface area contributed by atoms with Gasteiger partial charge >= 0.3 is 5.97 Å². The number of aliphatic hydroxyl groups is 1. The van der Waals surface area contributed by atoms with Crippen molar-refractivity contribution in [1.29, 1.82) is 0 Å². The Morgan fingerprint density at radius 1 is 0.906 bits per heavy atom. The number of carbonyl (C=O) groups is 1. The van der Waals surface area contributed by atoms with Gasteiger partial charge in [0.1, 0.15) is 0 Å². The Bertz CT molecular complexity index is 918. The van der Waals surface area contributed by atoms with Crippen LogP contribution >= 0.6 is 0 Å². The minimum atomic E-state index is -0.808. The minimum Gasteiger partial charge on any atom is -0.493 e. The molecule has 1 fully saturated rings. The summed E-state index contributed by atoms with van der Waals surface area (Å²) in [6, 6.07) is 8.27. The molecule has 0 saturated carbocycles. The van der Waals surface area contributed by atoms with E-state index >= 15 is 0 Å². The number of ether oxygens (including phenoxy) is 7. The molecule has 3 unspecified atom stereocenters. The molecule has 0 bridgehead atoms. The summed E-state index contributed by atoms with van der Waals surface area (Å²) in [4.78, 5) is 12.6. The van der Waals surface area contributed by atoms with Gasteiger partial charge in [0.25, 0.3) is 0 Å². The van der Waals surface area contributed by atoms with Crippen molar-refractivity contribution in [3.05, 3.63) is 41.5 Å². The van der Waals surface area contributed by atoms with Crippen LogP contribution in [0.25, 0.3) is 0 Å². The molecule has 3 rings (SSSR count). The molecule has 2 aromatic carbocycles. The van der Waals surface area contributed by atoms with E-state index in [-0.39, 0.29) is 13.2 Å². The molecule has 1 heterocycles. The molecule has 32 heavy (non-hydrogen) atoms. The summed E-state index contributed by atoms with van der Waals surface area (Å²) in [7, 11) is 7.57. The summed E-state index contributed by atoms with van der Waals surface area (Å²) >= 11 is 0. The van der Waals surface area contributed by atoms with Crippen molar-refractivity contribution in [3.63, 3.8) is 0 Å². The normalized spacial score (nSPS) is 19.9. The van der Waals surface area contributed by atoms with Gasteiger partial charge in [0, 0.05) is 0 Å². The number of hydrogen-bond acceptors (Lipinski definition) is 9. The molecule has 9 heteroatoms. The number of rotatable bonds is 9. The molecule has 0 spiro atoms. The average molecular weight is 448 g/mol. The third kappa shape index (κ3) is 4.68. The summed E-state index contributed by atoms with van der Waals surface area (Å²) in [6.45, 7) is 0.0651. The SMILES string of the molecule is COc1ccc(C(=O)OCC2C(O)COC2c2cc(OC)c(OC)c(OC)c2)cc1OC. The zero-order valence-corrected chi connectivity index (χ0v) is 18.7. The zero-order chi connectivity index (χ0) is 23.3. The van der Waals surface area contributed by atoms with E-state index in [0.717, 1.165) is 0 Å².